The molecule has 25 heavy (non-hydrogen) atoms. The molecular formula is C21H15FO3. The average Bonchev–Trinajstić information content (AvgIpc) is 2.61. The van der Waals surface area contributed by atoms with Crippen LogP contribution in [0.5, 0.6) is 17.2 Å². The third kappa shape index (κ3) is 4.54. The average molecular weight is 334 g/mol. The molecule has 0 saturated carbocycles. The SMILES string of the molecule is O=C(/C=C/c1ccc(F)cc1)c1cccc(Oc2cccc(O)c2)c1. The van der Waals surface area contributed by atoms with Gasteiger partial charge >= 0.3 is 0 Å². The van der Waals surface area contributed by atoms with E-state index < -0.39 is 0 Å². The predicted octanol–water partition coefficient (Wildman–Crippen LogP) is 5.22. The van der Waals surface area contributed by atoms with E-state index in [4.69, 9.17) is 4.74 Å². The number of hydrogen-bond acceptors (Lipinski definition) is 3. The number of allylic oxidation sites excluding steroid dienone is 1. The number of benzene rings is 3. The second-order valence-electron chi connectivity index (χ2n) is 5.38. The number of phenolic OH excluding ortho intramolecular Hbond substituents is 1. The highest BCUT2D eigenvalue weighted by molar-refractivity contribution is 6.07. The van der Waals surface area contributed by atoms with Crippen LogP contribution in [0.1, 0.15) is 15.9 Å². The Bertz CT molecular complexity index is 914. The Balaban J connectivity index is 1.74. The molecule has 4 heteroatoms. The fourth-order valence-electron chi connectivity index (χ4n) is 2.24. The van der Waals surface area contributed by atoms with Crippen LogP contribution in [0.25, 0.3) is 6.08 Å². The van der Waals surface area contributed by atoms with Gasteiger partial charge in [0.1, 0.15) is 23.1 Å². The van der Waals surface area contributed by atoms with Gasteiger partial charge in [-0.2, -0.15) is 0 Å². The first kappa shape index (κ1) is 16.5. The van der Waals surface area contributed by atoms with Crippen LogP contribution in [0.4, 0.5) is 4.39 Å². The lowest BCUT2D eigenvalue weighted by Gasteiger charge is -2.07. The summed E-state index contributed by atoms with van der Waals surface area (Å²) < 4.78 is 18.5. The summed E-state index contributed by atoms with van der Waals surface area (Å²) in [6.45, 7) is 0. The van der Waals surface area contributed by atoms with Crippen molar-refractivity contribution in [1.29, 1.82) is 0 Å². The van der Waals surface area contributed by atoms with Crippen LogP contribution in [0.2, 0.25) is 0 Å². The van der Waals surface area contributed by atoms with Crippen LogP contribution < -0.4 is 4.74 Å². The van der Waals surface area contributed by atoms with Crippen molar-refractivity contribution in [3.63, 3.8) is 0 Å². The van der Waals surface area contributed by atoms with E-state index in [0.717, 1.165) is 5.56 Å². The van der Waals surface area contributed by atoms with Crippen molar-refractivity contribution in [3.05, 3.63) is 95.8 Å². The number of halogens is 1. The quantitative estimate of drug-likeness (QED) is 0.514. The van der Waals surface area contributed by atoms with E-state index in [2.05, 4.69) is 0 Å². The molecule has 0 spiro atoms. The molecule has 124 valence electrons. The lowest BCUT2D eigenvalue weighted by molar-refractivity contribution is 0.104. The largest absolute Gasteiger partial charge is 0.508 e. The van der Waals surface area contributed by atoms with Crippen molar-refractivity contribution in [1.82, 2.24) is 0 Å². The van der Waals surface area contributed by atoms with Gasteiger partial charge in [0, 0.05) is 11.6 Å². The van der Waals surface area contributed by atoms with E-state index in [0.29, 0.717) is 17.1 Å². The van der Waals surface area contributed by atoms with Crippen molar-refractivity contribution < 1.29 is 19.0 Å². The van der Waals surface area contributed by atoms with E-state index in [-0.39, 0.29) is 17.3 Å². The molecule has 0 unspecified atom stereocenters. The van der Waals surface area contributed by atoms with Crippen LogP contribution in [-0.2, 0) is 0 Å². The van der Waals surface area contributed by atoms with Crippen LogP contribution in [0.15, 0.2) is 78.9 Å². The minimum atomic E-state index is -0.319. The summed E-state index contributed by atoms with van der Waals surface area (Å²) in [6, 6.07) is 19.1. The summed E-state index contributed by atoms with van der Waals surface area (Å²) in [6.07, 6.45) is 3.06. The first-order valence-electron chi connectivity index (χ1n) is 7.65. The van der Waals surface area contributed by atoms with E-state index in [1.807, 2.05) is 0 Å². The van der Waals surface area contributed by atoms with Gasteiger partial charge in [0.05, 0.1) is 0 Å². The summed E-state index contributed by atoms with van der Waals surface area (Å²) in [5.41, 5.74) is 1.21. The van der Waals surface area contributed by atoms with Gasteiger partial charge in [-0.05, 0) is 48.0 Å². The Morgan fingerprint density at radius 1 is 0.920 bits per heavy atom. The molecule has 0 amide bonds. The minimum Gasteiger partial charge on any atom is -0.508 e. The van der Waals surface area contributed by atoms with Gasteiger partial charge in [0.25, 0.3) is 0 Å². The highest BCUT2D eigenvalue weighted by Crippen LogP contribution is 2.25. The van der Waals surface area contributed by atoms with Crippen molar-refractivity contribution in [2.75, 3.05) is 0 Å². The molecule has 0 radical (unpaired) electrons. The van der Waals surface area contributed by atoms with E-state index in [1.165, 1.54) is 24.3 Å². The Morgan fingerprint density at radius 2 is 1.60 bits per heavy atom. The number of phenols is 1. The molecule has 0 heterocycles. The highest BCUT2D eigenvalue weighted by atomic mass is 19.1. The minimum absolute atomic E-state index is 0.104. The van der Waals surface area contributed by atoms with Crippen molar-refractivity contribution >= 4 is 11.9 Å². The fraction of sp³-hybridized carbons (Fsp3) is 0. The zero-order valence-corrected chi connectivity index (χ0v) is 13.2. The number of hydrogen-bond donors (Lipinski definition) is 1. The summed E-state index contributed by atoms with van der Waals surface area (Å²) in [4.78, 5) is 12.3. The zero-order valence-electron chi connectivity index (χ0n) is 13.2. The van der Waals surface area contributed by atoms with Gasteiger partial charge in [-0.3, -0.25) is 4.79 Å². The predicted molar refractivity (Wildman–Crippen MR) is 94.4 cm³/mol. The van der Waals surface area contributed by atoms with Gasteiger partial charge in [0.2, 0.25) is 0 Å². The molecule has 0 saturated heterocycles. The Hall–Kier alpha value is -3.40. The van der Waals surface area contributed by atoms with Gasteiger partial charge in [-0.1, -0.05) is 36.4 Å². The molecule has 0 atom stereocenters. The number of carbonyl (C=O) groups excluding carboxylic acids is 1. The van der Waals surface area contributed by atoms with Gasteiger partial charge in [0.15, 0.2) is 5.78 Å². The summed E-state index contributed by atoms with van der Waals surface area (Å²) in [7, 11) is 0. The number of aromatic hydroxyl groups is 1. The Kier molecular flexibility index (Phi) is 4.90. The lowest BCUT2D eigenvalue weighted by Crippen LogP contribution is -1.95. The molecule has 3 rings (SSSR count). The lowest BCUT2D eigenvalue weighted by atomic mass is 10.1. The summed E-state index contributed by atoms with van der Waals surface area (Å²) >= 11 is 0. The zero-order chi connectivity index (χ0) is 17.6. The smallest absolute Gasteiger partial charge is 0.185 e. The molecule has 0 aliphatic carbocycles. The van der Waals surface area contributed by atoms with Gasteiger partial charge in [-0.25, -0.2) is 4.39 Å². The maximum Gasteiger partial charge on any atom is 0.185 e. The molecule has 0 bridgehead atoms. The molecule has 0 aliphatic rings. The van der Waals surface area contributed by atoms with Crippen LogP contribution >= 0.6 is 0 Å². The molecule has 3 aromatic carbocycles. The van der Waals surface area contributed by atoms with Crippen molar-refractivity contribution in [2.45, 2.75) is 0 Å². The standard InChI is InChI=1S/C21H15FO3/c22-17-10-7-15(8-11-17)9-12-21(24)16-3-1-5-19(13-16)25-20-6-2-4-18(23)14-20/h1-14,23H/b12-9+. The van der Waals surface area contributed by atoms with E-state index in [1.54, 1.807) is 60.7 Å². The molecule has 0 aromatic heterocycles. The van der Waals surface area contributed by atoms with Crippen molar-refractivity contribution in [2.24, 2.45) is 0 Å². The third-order valence-corrected chi connectivity index (χ3v) is 3.47. The second kappa shape index (κ2) is 7.45. The monoisotopic (exact) mass is 334 g/mol. The molecule has 1 N–H and O–H groups in total. The van der Waals surface area contributed by atoms with Gasteiger partial charge in [-0.15, -0.1) is 0 Å². The number of ether oxygens (including phenoxy) is 1. The summed E-state index contributed by atoms with van der Waals surface area (Å²) in [5.74, 6) is 0.566. The topological polar surface area (TPSA) is 46.5 Å². The number of carbonyl (C=O) groups is 1. The molecule has 0 aliphatic heterocycles. The molecular weight excluding hydrogens is 319 g/mol. The van der Waals surface area contributed by atoms with Crippen LogP contribution in [0, 0.1) is 5.82 Å². The van der Waals surface area contributed by atoms with Gasteiger partial charge < -0.3 is 9.84 Å². The van der Waals surface area contributed by atoms with Crippen LogP contribution in [-0.4, -0.2) is 10.9 Å². The fourth-order valence-corrected chi connectivity index (χ4v) is 2.24. The normalized spacial score (nSPS) is 10.8. The Morgan fingerprint density at radius 3 is 2.32 bits per heavy atom. The first-order valence-corrected chi connectivity index (χ1v) is 7.65. The molecule has 0 fully saturated rings. The number of rotatable bonds is 5. The maximum absolute atomic E-state index is 12.9. The summed E-state index contributed by atoms with van der Waals surface area (Å²) in [5, 5.41) is 9.46. The molecule has 3 nitrogen and oxygen atoms in total. The van der Waals surface area contributed by atoms with E-state index in [9.17, 15) is 14.3 Å². The Labute approximate surface area is 144 Å². The highest BCUT2D eigenvalue weighted by Gasteiger charge is 2.05. The second-order valence-corrected chi connectivity index (χ2v) is 5.38. The third-order valence-electron chi connectivity index (χ3n) is 3.47. The van der Waals surface area contributed by atoms with Crippen molar-refractivity contribution in [3.8, 4) is 17.2 Å². The first-order chi connectivity index (χ1) is 12.1. The molecule has 3 aromatic rings. The van der Waals surface area contributed by atoms with Crippen LogP contribution in [0.3, 0.4) is 0 Å². The number of ketones is 1. The maximum atomic E-state index is 12.9. The van der Waals surface area contributed by atoms with E-state index >= 15 is 0 Å².